The first kappa shape index (κ1) is 13.3. The zero-order valence-electron chi connectivity index (χ0n) is 12.5. The van der Waals surface area contributed by atoms with Gasteiger partial charge in [-0.05, 0) is 31.0 Å². The van der Waals surface area contributed by atoms with E-state index in [2.05, 4.69) is 0 Å². The summed E-state index contributed by atoms with van der Waals surface area (Å²) in [5, 5.41) is 0. The van der Waals surface area contributed by atoms with Crippen LogP contribution >= 0.6 is 0 Å². The van der Waals surface area contributed by atoms with Gasteiger partial charge in [-0.3, -0.25) is 9.59 Å². The van der Waals surface area contributed by atoms with Gasteiger partial charge in [0, 0.05) is 18.7 Å². The number of hydrogen-bond acceptors (Lipinski definition) is 2. The fourth-order valence-corrected chi connectivity index (χ4v) is 4.22. The lowest BCUT2D eigenvalue weighted by Crippen LogP contribution is -2.56. The average Bonchev–Trinajstić information content (AvgIpc) is 3.13. The summed E-state index contributed by atoms with van der Waals surface area (Å²) >= 11 is 0. The monoisotopic (exact) mass is 294 g/mol. The van der Waals surface area contributed by atoms with Gasteiger partial charge in [0.15, 0.2) is 0 Å². The van der Waals surface area contributed by atoms with E-state index in [1.807, 2.05) is 58.1 Å². The molecular formula is C18H18N2O2. The maximum atomic E-state index is 12.9. The fourth-order valence-electron chi connectivity index (χ4n) is 4.22. The van der Waals surface area contributed by atoms with Gasteiger partial charge >= 0.3 is 0 Å². The minimum atomic E-state index is -0.545. The van der Waals surface area contributed by atoms with Crippen LogP contribution in [0, 0.1) is 5.92 Å². The molecule has 3 heterocycles. The molecule has 4 rings (SSSR count). The SMILES string of the molecule is CC(=O)C1CCN2C(=O)c3cccn3CC12c1ccccc1. The van der Waals surface area contributed by atoms with Gasteiger partial charge < -0.3 is 9.47 Å². The van der Waals surface area contributed by atoms with Crippen LogP contribution in [0.15, 0.2) is 48.7 Å². The van der Waals surface area contributed by atoms with Crippen LogP contribution in [-0.4, -0.2) is 27.7 Å². The van der Waals surface area contributed by atoms with E-state index in [4.69, 9.17) is 0 Å². The maximum Gasteiger partial charge on any atom is 0.271 e. The van der Waals surface area contributed by atoms with Crippen LogP contribution in [0.2, 0.25) is 0 Å². The topological polar surface area (TPSA) is 42.3 Å². The highest BCUT2D eigenvalue weighted by Gasteiger charge is 2.56. The van der Waals surface area contributed by atoms with Crippen molar-refractivity contribution in [2.75, 3.05) is 6.54 Å². The molecule has 1 amide bonds. The molecule has 0 bridgehead atoms. The molecule has 4 nitrogen and oxygen atoms in total. The molecule has 22 heavy (non-hydrogen) atoms. The minimum Gasteiger partial charge on any atom is -0.341 e. The summed E-state index contributed by atoms with van der Waals surface area (Å²) in [7, 11) is 0. The first-order chi connectivity index (χ1) is 10.6. The highest BCUT2D eigenvalue weighted by atomic mass is 16.2. The van der Waals surface area contributed by atoms with Crippen LogP contribution in [0.4, 0.5) is 0 Å². The number of nitrogens with zero attached hydrogens (tertiary/aromatic N) is 2. The van der Waals surface area contributed by atoms with E-state index in [0.29, 0.717) is 13.1 Å². The van der Waals surface area contributed by atoms with E-state index in [0.717, 1.165) is 17.7 Å². The third-order valence-electron chi connectivity index (χ3n) is 5.17. The van der Waals surface area contributed by atoms with Crippen LogP contribution in [0.1, 0.15) is 29.4 Å². The summed E-state index contributed by atoms with van der Waals surface area (Å²) in [6.45, 7) is 2.94. The van der Waals surface area contributed by atoms with Crippen molar-refractivity contribution in [3.05, 3.63) is 59.9 Å². The van der Waals surface area contributed by atoms with E-state index >= 15 is 0 Å². The summed E-state index contributed by atoms with van der Waals surface area (Å²) in [5.41, 5.74) is 1.23. The van der Waals surface area contributed by atoms with Gasteiger partial charge in [-0.1, -0.05) is 30.3 Å². The van der Waals surface area contributed by atoms with Gasteiger partial charge in [0.05, 0.1) is 12.1 Å². The zero-order chi connectivity index (χ0) is 15.3. The third kappa shape index (κ3) is 1.58. The second-order valence-electron chi connectivity index (χ2n) is 6.22. The fraction of sp³-hybridized carbons (Fsp3) is 0.333. The molecule has 1 aromatic heterocycles. The molecular weight excluding hydrogens is 276 g/mol. The normalized spacial score (nSPS) is 26.7. The van der Waals surface area contributed by atoms with E-state index < -0.39 is 5.54 Å². The second kappa shape index (κ2) is 4.57. The molecule has 1 aromatic carbocycles. The van der Waals surface area contributed by atoms with E-state index in [9.17, 15) is 9.59 Å². The van der Waals surface area contributed by atoms with Crippen LogP contribution in [-0.2, 0) is 16.9 Å². The summed E-state index contributed by atoms with van der Waals surface area (Å²) in [6, 6.07) is 13.8. The van der Waals surface area contributed by atoms with Crippen molar-refractivity contribution in [3.8, 4) is 0 Å². The van der Waals surface area contributed by atoms with Gasteiger partial charge in [-0.15, -0.1) is 0 Å². The lowest BCUT2D eigenvalue weighted by Gasteiger charge is -2.46. The Morgan fingerprint density at radius 1 is 1.18 bits per heavy atom. The lowest BCUT2D eigenvalue weighted by molar-refractivity contribution is -0.124. The Bertz CT molecular complexity index is 749. The third-order valence-corrected chi connectivity index (χ3v) is 5.17. The van der Waals surface area contributed by atoms with E-state index in [1.54, 1.807) is 6.92 Å². The van der Waals surface area contributed by atoms with Crippen LogP contribution < -0.4 is 0 Å². The molecule has 4 heteroatoms. The molecule has 0 aliphatic carbocycles. The Morgan fingerprint density at radius 2 is 1.95 bits per heavy atom. The summed E-state index contributed by atoms with van der Waals surface area (Å²) < 4.78 is 1.99. The molecule has 112 valence electrons. The number of rotatable bonds is 2. The van der Waals surface area contributed by atoms with E-state index in [1.165, 1.54) is 0 Å². The van der Waals surface area contributed by atoms with Crippen LogP contribution in [0.3, 0.4) is 0 Å². The average molecular weight is 294 g/mol. The molecule has 0 saturated carbocycles. The number of fused-ring (bicyclic) bond motifs is 2. The molecule has 0 N–H and O–H groups in total. The first-order valence-electron chi connectivity index (χ1n) is 7.67. The Kier molecular flexibility index (Phi) is 2.76. The smallest absolute Gasteiger partial charge is 0.271 e. The van der Waals surface area contributed by atoms with Crippen LogP contribution in [0.25, 0.3) is 0 Å². The lowest BCUT2D eigenvalue weighted by atomic mass is 9.75. The number of aromatic nitrogens is 1. The number of carbonyl (C=O) groups excluding carboxylic acids is 2. The molecule has 2 aromatic rings. The van der Waals surface area contributed by atoms with Crippen molar-refractivity contribution in [1.82, 2.24) is 9.47 Å². The quantitative estimate of drug-likeness (QED) is 0.854. The number of amides is 1. The maximum absolute atomic E-state index is 12.9. The molecule has 1 fully saturated rings. The van der Waals surface area contributed by atoms with Gasteiger partial charge in [-0.25, -0.2) is 0 Å². The molecule has 2 aliphatic heterocycles. The first-order valence-corrected chi connectivity index (χ1v) is 7.67. The number of carbonyl (C=O) groups is 2. The molecule has 0 radical (unpaired) electrons. The van der Waals surface area contributed by atoms with Crippen molar-refractivity contribution in [2.45, 2.75) is 25.4 Å². The predicted octanol–water partition coefficient (Wildman–Crippen LogP) is 2.45. The minimum absolute atomic E-state index is 0.0313. The van der Waals surface area contributed by atoms with Crippen molar-refractivity contribution in [2.24, 2.45) is 5.92 Å². The highest BCUT2D eigenvalue weighted by Crippen LogP contribution is 2.48. The number of ketones is 1. The van der Waals surface area contributed by atoms with Gasteiger partial charge in [-0.2, -0.15) is 0 Å². The Morgan fingerprint density at radius 3 is 2.68 bits per heavy atom. The summed E-state index contributed by atoms with van der Waals surface area (Å²) in [6.07, 6.45) is 2.67. The Balaban J connectivity index is 1.95. The molecule has 2 aliphatic rings. The number of benzene rings is 1. The molecule has 1 saturated heterocycles. The van der Waals surface area contributed by atoms with Gasteiger partial charge in [0.2, 0.25) is 0 Å². The standard InChI is InChI=1S/C18H18N2O2/c1-13(21)15-9-11-20-17(22)16-8-5-10-19(16)12-18(15,20)14-6-3-2-4-7-14/h2-8,10,15H,9,11-12H2,1H3. The largest absolute Gasteiger partial charge is 0.341 e. The number of Topliss-reactive ketones (excluding diaryl/α,β-unsaturated/α-hetero) is 1. The Hall–Kier alpha value is -2.36. The molecule has 2 unspecified atom stereocenters. The highest BCUT2D eigenvalue weighted by molar-refractivity contribution is 5.96. The molecule has 2 atom stereocenters. The van der Waals surface area contributed by atoms with Crippen molar-refractivity contribution < 1.29 is 9.59 Å². The number of hydrogen-bond donors (Lipinski definition) is 0. The summed E-state index contributed by atoms with van der Waals surface area (Å²) in [4.78, 5) is 27.1. The van der Waals surface area contributed by atoms with Crippen molar-refractivity contribution >= 4 is 11.7 Å². The Labute approximate surface area is 129 Å². The van der Waals surface area contributed by atoms with Crippen molar-refractivity contribution in [3.63, 3.8) is 0 Å². The zero-order valence-corrected chi connectivity index (χ0v) is 12.5. The molecule has 0 spiro atoms. The van der Waals surface area contributed by atoms with E-state index in [-0.39, 0.29) is 17.6 Å². The van der Waals surface area contributed by atoms with Crippen molar-refractivity contribution in [1.29, 1.82) is 0 Å². The van der Waals surface area contributed by atoms with Crippen LogP contribution in [0.5, 0.6) is 0 Å². The van der Waals surface area contributed by atoms with Gasteiger partial charge in [0.25, 0.3) is 5.91 Å². The summed E-state index contributed by atoms with van der Waals surface area (Å²) in [5.74, 6) is 0.0491. The predicted molar refractivity (Wildman–Crippen MR) is 82.4 cm³/mol. The van der Waals surface area contributed by atoms with Gasteiger partial charge in [0.1, 0.15) is 11.5 Å². The second-order valence-corrected chi connectivity index (χ2v) is 6.22.